The van der Waals surface area contributed by atoms with E-state index in [4.69, 9.17) is 15.6 Å². The molecular weight excluding hydrogens is 230 g/mol. The Balaban J connectivity index is 2.02. The lowest BCUT2D eigenvalue weighted by Crippen LogP contribution is -2.30. The highest BCUT2D eigenvalue weighted by molar-refractivity contribution is 8.00. The number of nitrogen functional groups attached to an aromatic ring is 1. The second kappa shape index (κ2) is 4.86. The van der Waals surface area contributed by atoms with Gasteiger partial charge in [-0.1, -0.05) is 0 Å². The summed E-state index contributed by atoms with van der Waals surface area (Å²) in [5.74, 6) is 0.985. The number of aromatic nitrogens is 2. The van der Waals surface area contributed by atoms with Gasteiger partial charge in [0.2, 0.25) is 0 Å². The molecule has 88 valence electrons. The van der Waals surface area contributed by atoms with Crippen molar-refractivity contribution in [3.05, 3.63) is 22.7 Å². The maximum absolute atomic E-state index is 11.4. The maximum Gasteiger partial charge on any atom is 0.349 e. The normalized spacial score (nSPS) is 24.8. The van der Waals surface area contributed by atoms with E-state index < -0.39 is 0 Å². The number of aliphatic hydroxyl groups excluding tert-OH is 1. The Hall–Kier alpha value is -1.05. The molecule has 0 unspecified atom stereocenters. The van der Waals surface area contributed by atoms with Crippen LogP contribution in [0.15, 0.2) is 17.1 Å². The Bertz CT molecular complexity index is 423. The molecule has 0 aromatic carbocycles. The van der Waals surface area contributed by atoms with E-state index in [0.717, 1.165) is 5.75 Å². The lowest BCUT2D eigenvalue weighted by molar-refractivity contribution is 0.0261. The maximum atomic E-state index is 11.4. The van der Waals surface area contributed by atoms with Gasteiger partial charge in [-0.15, -0.1) is 11.8 Å². The van der Waals surface area contributed by atoms with Gasteiger partial charge in [0.1, 0.15) is 11.3 Å². The molecule has 1 aliphatic rings. The van der Waals surface area contributed by atoms with Gasteiger partial charge in [-0.25, -0.2) is 4.79 Å². The third kappa shape index (κ3) is 2.55. The molecule has 1 aromatic heterocycles. The Morgan fingerprint density at radius 3 is 3.19 bits per heavy atom. The highest BCUT2D eigenvalue weighted by atomic mass is 32.2. The van der Waals surface area contributed by atoms with Crippen LogP contribution in [0.25, 0.3) is 0 Å². The van der Waals surface area contributed by atoms with Crippen molar-refractivity contribution in [3.63, 3.8) is 0 Å². The molecule has 7 heteroatoms. The van der Waals surface area contributed by atoms with Crippen LogP contribution in [0.1, 0.15) is 0 Å². The van der Waals surface area contributed by atoms with Crippen molar-refractivity contribution in [1.29, 1.82) is 0 Å². The average molecular weight is 243 g/mol. The van der Waals surface area contributed by atoms with E-state index in [0.29, 0.717) is 6.54 Å². The predicted molar refractivity (Wildman–Crippen MR) is 61.1 cm³/mol. The van der Waals surface area contributed by atoms with Gasteiger partial charge < -0.3 is 15.6 Å². The van der Waals surface area contributed by atoms with Crippen molar-refractivity contribution >= 4 is 17.6 Å². The first-order chi connectivity index (χ1) is 7.69. The van der Waals surface area contributed by atoms with Gasteiger partial charge in [0, 0.05) is 11.9 Å². The molecule has 6 nitrogen and oxygen atoms in total. The SMILES string of the molecule is Nc1ccn(C[C@H]2CS[C@H](CO)O2)c(=O)n1. The number of rotatable bonds is 3. The van der Waals surface area contributed by atoms with Gasteiger partial charge >= 0.3 is 5.69 Å². The monoisotopic (exact) mass is 243 g/mol. The van der Waals surface area contributed by atoms with Crippen LogP contribution < -0.4 is 11.4 Å². The zero-order valence-electron chi connectivity index (χ0n) is 8.57. The summed E-state index contributed by atoms with van der Waals surface area (Å²) >= 11 is 1.55. The molecule has 0 radical (unpaired) electrons. The van der Waals surface area contributed by atoms with Crippen molar-refractivity contribution in [2.75, 3.05) is 18.1 Å². The molecule has 16 heavy (non-hydrogen) atoms. The lowest BCUT2D eigenvalue weighted by Gasteiger charge is -2.12. The van der Waals surface area contributed by atoms with E-state index in [1.165, 1.54) is 4.57 Å². The van der Waals surface area contributed by atoms with Crippen LogP contribution in [-0.2, 0) is 11.3 Å². The van der Waals surface area contributed by atoms with Gasteiger partial charge in [-0.2, -0.15) is 4.98 Å². The first-order valence-corrected chi connectivity index (χ1v) is 5.95. The predicted octanol–water partition coefficient (Wildman–Crippen LogP) is -0.724. The number of hydrogen-bond donors (Lipinski definition) is 2. The standard InChI is InChI=1S/C9H13N3O3S/c10-7-1-2-12(9(14)11-7)3-6-5-16-8(4-13)15-6/h1-2,6,8,13H,3-5H2,(H2,10,11,14)/t6-,8+/m0/s1. The minimum Gasteiger partial charge on any atom is -0.393 e. The zero-order chi connectivity index (χ0) is 11.5. The number of hydrogen-bond acceptors (Lipinski definition) is 6. The lowest BCUT2D eigenvalue weighted by atomic mass is 10.4. The summed E-state index contributed by atoms with van der Waals surface area (Å²) in [5.41, 5.74) is 4.83. The molecule has 0 aliphatic carbocycles. The molecule has 1 aromatic rings. The van der Waals surface area contributed by atoms with Crippen molar-refractivity contribution in [3.8, 4) is 0 Å². The first-order valence-electron chi connectivity index (χ1n) is 4.90. The molecule has 3 N–H and O–H groups in total. The van der Waals surface area contributed by atoms with Crippen molar-refractivity contribution in [2.45, 2.75) is 18.1 Å². The first kappa shape index (κ1) is 11.4. The van der Waals surface area contributed by atoms with Gasteiger partial charge in [-0.3, -0.25) is 4.57 Å². The van der Waals surface area contributed by atoms with Crippen molar-refractivity contribution < 1.29 is 9.84 Å². The van der Waals surface area contributed by atoms with Crippen molar-refractivity contribution in [2.24, 2.45) is 0 Å². The van der Waals surface area contributed by atoms with E-state index in [-0.39, 0.29) is 29.7 Å². The number of anilines is 1. The number of nitrogens with zero attached hydrogens (tertiary/aromatic N) is 2. The van der Waals surface area contributed by atoms with E-state index in [1.807, 2.05) is 0 Å². The summed E-state index contributed by atoms with van der Waals surface area (Å²) in [6.45, 7) is 0.436. The van der Waals surface area contributed by atoms with E-state index in [9.17, 15) is 4.79 Å². The van der Waals surface area contributed by atoms with Crippen LogP contribution in [0, 0.1) is 0 Å². The summed E-state index contributed by atoms with van der Waals surface area (Å²) < 4.78 is 6.95. The van der Waals surface area contributed by atoms with Crippen LogP contribution in [0.4, 0.5) is 5.82 Å². The molecule has 1 saturated heterocycles. The largest absolute Gasteiger partial charge is 0.393 e. The van der Waals surface area contributed by atoms with E-state index in [2.05, 4.69) is 4.98 Å². The molecule has 0 saturated carbocycles. The molecule has 0 spiro atoms. The summed E-state index contributed by atoms with van der Waals surface area (Å²) in [7, 11) is 0. The molecule has 2 atom stereocenters. The topological polar surface area (TPSA) is 90.4 Å². The van der Waals surface area contributed by atoms with Gasteiger partial charge in [0.25, 0.3) is 0 Å². The van der Waals surface area contributed by atoms with E-state index in [1.54, 1.807) is 24.0 Å². The highest BCUT2D eigenvalue weighted by Gasteiger charge is 2.25. The fraction of sp³-hybridized carbons (Fsp3) is 0.556. The Labute approximate surface area is 96.4 Å². The van der Waals surface area contributed by atoms with Gasteiger partial charge in [0.05, 0.1) is 19.3 Å². The number of ether oxygens (including phenoxy) is 1. The average Bonchev–Trinajstić information content (AvgIpc) is 2.70. The van der Waals surface area contributed by atoms with E-state index >= 15 is 0 Å². The molecule has 1 aliphatic heterocycles. The molecular formula is C9H13N3O3S. The van der Waals surface area contributed by atoms with Gasteiger partial charge in [-0.05, 0) is 6.07 Å². The number of thioether (sulfide) groups is 1. The third-order valence-corrected chi connectivity index (χ3v) is 3.45. The second-order valence-corrected chi connectivity index (χ2v) is 4.68. The number of nitrogens with two attached hydrogens (primary N) is 1. The minimum absolute atomic E-state index is 0.00392. The summed E-state index contributed by atoms with van der Waals surface area (Å²) in [4.78, 5) is 15.1. The minimum atomic E-state index is -0.374. The van der Waals surface area contributed by atoms with Crippen molar-refractivity contribution in [1.82, 2.24) is 9.55 Å². The summed E-state index contributed by atoms with van der Waals surface area (Å²) in [6, 6.07) is 1.58. The quantitative estimate of drug-likeness (QED) is 0.728. The molecule has 1 fully saturated rings. The third-order valence-electron chi connectivity index (χ3n) is 2.26. The molecule has 2 rings (SSSR count). The molecule has 0 amide bonds. The van der Waals surface area contributed by atoms with Crippen LogP contribution in [0.3, 0.4) is 0 Å². The fourth-order valence-corrected chi connectivity index (χ4v) is 2.45. The fourth-order valence-electron chi connectivity index (χ4n) is 1.50. The summed E-state index contributed by atoms with van der Waals surface area (Å²) in [5, 5.41) is 8.90. The van der Waals surface area contributed by atoms with Crippen LogP contribution >= 0.6 is 11.8 Å². The summed E-state index contributed by atoms with van der Waals surface area (Å²) in [6.07, 6.45) is 1.54. The Kier molecular flexibility index (Phi) is 3.47. The smallest absolute Gasteiger partial charge is 0.349 e. The zero-order valence-corrected chi connectivity index (χ0v) is 9.39. The van der Waals surface area contributed by atoms with Crippen LogP contribution in [0.2, 0.25) is 0 Å². The second-order valence-electron chi connectivity index (χ2n) is 3.49. The Morgan fingerprint density at radius 2 is 2.56 bits per heavy atom. The molecule has 0 bridgehead atoms. The number of aliphatic hydroxyl groups is 1. The van der Waals surface area contributed by atoms with Crippen LogP contribution in [0.5, 0.6) is 0 Å². The highest BCUT2D eigenvalue weighted by Crippen LogP contribution is 2.25. The van der Waals surface area contributed by atoms with Crippen LogP contribution in [-0.4, -0.2) is 38.6 Å². The Morgan fingerprint density at radius 1 is 1.75 bits per heavy atom. The molecule has 2 heterocycles. The van der Waals surface area contributed by atoms with Gasteiger partial charge in [0.15, 0.2) is 0 Å².